The van der Waals surface area contributed by atoms with E-state index < -0.39 is 0 Å². The Hall–Kier alpha value is -0.220. The number of halogens is 2. The van der Waals surface area contributed by atoms with E-state index in [4.69, 9.17) is 9.47 Å². The zero-order valence-electron chi connectivity index (χ0n) is 8.85. The molecular weight excluding hydrogens is 324 g/mol. The first kappa shape index (κ1) is 12.8. The van der Waals surface area contributed by atoms with E-state index in [-0.39, 0.29) is 0 Å². The van der Waals surface area contributed by atoms with Gasteiger partial charge in [0.05, 0.1) is 14.2 Å². The Morgan fingerprint density at radius 3 is 2.47 bits per heavy atom. The third kappa shape index (κ3) is 3.11. The van der Waals surface area contributed by atoms with Gasteiger partial charge >= 0.3 is 0 Å². The average Bonchev–Trinajstić information content (AvgIpc) is 2.26. The van der Waals surface area contributed by atoms with Gasteiger partial charge in [0.15, 0.2) is 0 Å². The van der Waals surface area contributed by atoms with Crippen molar-refractivity contribution in [1.29, 1.82) is 0 Å². The molecule has 0 fully saturated rings. The Morgan fingerprint density at radius 1 is 1.20 bits per heavy atom. The molecule has 0 spiro atoms. The SMILES string of the molecule is COc1ccc(CCCBr)c(OC)c1Br. The van der Waals surface area contributed by atoms with Gasteiger partial charge in [-0.2, -0.15) is 0 Å². The number of hydrogen-bond donors (Lipinski definition) is 0. The Bertz CT molecular complexity index is 327. The van der Waals surface area contributed by atoms with Gasteiger partial charge in [0.25, 0.3) is 0 Å². The molecule has 0 saturated heterocycles. The number of rotatable bonds is 5. The van der Waals surface area contributed by atoms with Crippen molar-refractivity contribution in [2.75, 3.05) is 19.5 Å². The van der Waals surface area contributed by atoms with Crippen molar-refractivity contribution in [2.45, 2.75) is 12.8 Å². The van der Waals surface area contributed by atoms with E-state index in [1.165, 1.54) is 5.56 Å². The number of alkyl halides is 1. The maximum absolute atomic E-state index is 5.37. The lowest BCUT2D eigenvalue weighted by atomic mass is 10.1. The zero-order valence-corrected chi connectivity index (χ0v) is 12.0. The summed E-state index contributed by atoms with van der Waals surface area (Å²) < 4.78 is 11.5. The molecule has 0 saturated carbocycles. The molecule has 0 atom stereocenters. The van der Waals surface area contributed by atoms with Crippen LogP contribution in [-0.2, 0) is 6.42 Å². The van der Waals surface area contributed by atoms with E-state index >= 15 is 0 Å². The molecule has 84 valence electrons. The van der Waals surface area contributed by atoms with Crippen LogP contribution < -0.4 is 9.47 Å². The molecular formula is C11H14Br2O2. The van der Waals surface area contributed by atoms with Crippen molar-refractivity contribution >= 4 is 31.9 Å². The first-order valence-corrected chi connectivity index (χ1v) is 6.61. The third-order valence-corrected chi connectivity index (χ3v) is 3.46. The van der Waals surface area contributed by atoms with Crippen LogP contribution in [0.25, 0.3) is 0 Å². The van der Waals surface area contributed by atoms with Crippen molar-refractivity contribution in [3.05, 3.63) is 22.2 Å². The first-order valence-electron chi connectivity index (χ1n) is 4.70. The van der Waals surface area contributed by atoms with Gasteiger partial charge in [0.2, 0.25) is 0 Å². The molecule has 0 heterocycles. The summed E-state index contributed by atoms with van der Waals surface area (Å²) in [6.45, 7) is 0. The lowest BCUT2D eigenvalue weighted by Crippen LogP contribution is -1.96. The van der Waals surface area contributed by atoms with E-state index in [0.717, 1.165) is 34.1 Å². The molecule has 0 unspecified atom stereocenters. The third-order valence-electron chi connectivity index (χ3n) is 2.15. The summed E-state index contributed by atoms with van der Waals surface area (Å²) in [5.41, 5.74) is 1.20. The predicted molar refractivity (Wildman–Crippen MR) is 69.4 cm³/mol. The minimum Gasteiger partial charge on any atom is -0.495 e. The van der Waals surface area contributed by atoms with Crippen LogP contribution in [0.3, 0.4) is 0 Å². The van der Waals surface area contributed by atoms with Crippen molar-refractivity contribution in [3.63, 3.8) is 0 Å². The van der Waals surface area contributed by atoms with Crippen LogP contribution in [0.5, 0.6) is 11.5 Å². The van der Waals surface area contributed by atoms with E-state index in [1.54, 1.807) is 14.2 Å². The molecule has 0 radical (unpaired) electrons. The minimum absolute atomic E-state index is 0.800. The second-order valence-electron chi connectivity index (χ2n) is 3.07. The number of aryl methyl sites for hydroxylation is 1. The molecule has 15 heavy (non-hydrogen) atoms. The smallest absolute Gasteiger partial charge is 0.139 e. The van der Waals surface area contributed by atoms with Crippen LogP contribution in [-0.4, -0.2) is 19.5 Å². The fourth-order valence-electron chi connectivity index (χ4n) is 1.41. The summed E-state index contributed by atoms with van der Waals surface area (Å²) in [5.74, 6) is 1.67. The van der Waals surface area contributed by atoms with Crippen LogP contribution >= 0.6 is 31.9 Å². The zero-order chi connectivity index (χ0) is 11.3. The highest BCUT2D eigenvalue weighted by atomic mass is 79.9. The number of ether oxygens (including phenoxy) is 2. The van der Waals surface area contributed by atoms with Crippen LogP contribution in [0, 0.1) is 0 Å². The molecule has 0 aliphatic rings. The molecule has 1 aromatic rings. The largest absolute Gasteiger partial charge is 0.495 e. The van der Waals surface area contributed by atoms with E-state index in [1.807, 2.05) is 12.1 Å². The summed E-state index contributed by atoms with van der Waals surface area (Å²) in [4.78, 5) is 0. The maximum Gasteiger partial charge on any atom is 0.139 e. The van der Waals surface area contributed by atoms with Crippen molar-refractivity contribution in [3.8, 4) is 11.5 Å². The summed E-state index contributed by atoms with van der Waals surface area (Å²) in [7, 11) is 3.33. The normalized spacial score (nSPS) is 10.1. The molecule has 0 amide bonds. The van der Waals surface area contributed by atoms with Gasteiger partial charge in [-0.15, -0.1) is 0 Å². The summed E-state index contributed by atoms with van der Waals surface area (Å²) in [6.07, 6.45) is 2.09. The van der Waals surface area contributed by atoms with Crippen molar-refractivity contribution in [2.24, 2.45) is 0 Å². The fourth-order valence-corrected chi connectivity index (χ4v) is 2.40. The van der Waals surface area contributed by atoms with Crippen LogP contribution in [0.2, 0.25) is 0 Å². The van der Waals surface area contributed by atoms with Gasteiger partial charge in [0, 0.05) is 5.33 Å². The van der Waals surface area contributed by atoms with Crippen molar-refractivity contribution in [1.82, 2.24) is 0 Å². The van der Waals surface area contributed by atoms with E-state index in [2.05, 4.69) is 31.9 Å². The van der Waals surface area contributed by atoms with Gasteiger partial charge in [-0.1, -0.05) is 22.0 Å². The van der Waals surface area contributed by atoms with Crippen LogP contribution in [0.1, 0.15) is 12.0 Å². The second-order valence-corrected chi connectivity index (χ2v) is 4.65. The Kier molecular flexibility index (Phi) is 5.47. The van der Waals surface area contributed by atoms with Crippen molar-refractivity contribution < 1.29 is 9.47 Å². The lowest BCUT2D eigenvalue weighted by Gasteiger charge is -2.12. The van der Waals surface area contributed by atoms with Gasteiger partial charge in [-0.25, -0.2) is 0 Å². The Balaban J connectivity index is 3.01. The topological polar surface area (TPSA) is 18.5 Å². The molecule has 0 aliphatic carbocycles. The lowest BCUT2D eigenvalue weighted by molar-refractivity contribution is 0.386. The average molecular weight is 338 g/mol. The second kappa shape index (κ2) is 6.38. The highest BCUT2D eigenvalue weighted by Crippen LogP contribution is 2.37. The minimum atomic E-state index is 0.800. The molecule has 0 aliphatic heterocycles. The molecule has 1 rings (SSSR count). The maximum atomic E-state index is 5.37. The number of hydrogen-bond acceptors (Lipinski definition) is 2. The van der Waals surface area contributed by atoms with Gasteiger partial charge in [-0.05, 0) is 40.4 Å². The van der Waals surface area contributed by atoms with Gasteiger partial charge in [-0.3, -0.25) is 0 Å². The summed E-state index contributed by atoms with van der Waals surface area (Å²) in [6, 6.07) is 4.00. The number of benzene rings is 1. The van der Waals surface area contributed by atoms with E-state index in [9.17, 15) is 0 Å². The van der Waals surface area contributed by atoms with Crippen LogP contribution in [0.15, 0.2) is 16.6 Å². The van der Waals surface area contributed by atoms with Crippen LogP contribution in [0.4, 0.5) is 0 Å². The molecule has 2 nitrogen and oxygen atoms in total. The predicted octanol–water partition coefficient (Wildman–Crippen LogP) is 3.79. The first-order chi connectivity index (χ1) is 7.24. The standard InChI is InChI=1S/C11H14Br2O2/c1-14-9-6-5-8(4-3-7-12)11(15-2)10(9)13/h5-6H,3-4,7H2,1-2H3. The monoisotopic (exact) mass is 336 g/mol. The molecule has 1 aromatic carbocycles. The highest BCUT2D eigenvalue weighted by Gasteiger charge is 2.11. The summed E-state index contributed by atoms with van der Waals surface area (Å²) in [5, 5.41) is 1.000. The van der Waals surface area contributed by atoms with E-state index in [0.29, 0.717) is 0 Å². The molecule has 4 heteroatoms. The highest BCUT2D eigenvalue weighted by molar-refractivity contribution is 9.10. The summed E-state index contributed by atoms with van der Waals surface area (Å²) >= 11 is 6.91. The molecule has 0 aromatic heterocycles. The Morgan fingerprint density at radius 2 is 1.93 bits per heavy atom. The quantitative estimate of drug-likeness (QED) is 0.761. The van der Waals surface area contributed by atoms with Gasteiger partial charge < -0.3 is 9.47 Å². The Labute approximate surface area is 107 Å². The fraction of sp³-hybridized carbons (Fsp3) is 0.455. The number of methoxy groups -OCH3 is 2. The molecule has 0 bridgehead atoms. The molecule has 0 N–H and O–H groups in total. The van der Waals surface area contributed by atoms with Gasteiger partial charge in [0.1, 0.15) is 16.0 Å².